The lowest BCUT2D eigenvalue weighted by Gasteiger charge is -2.15. The number of hydrazine groups is 1. The Balaban J connectivity index is 1.52. The second-order valence-corrected chi connectivity index (χ2v) is 7.83. The third-order valence-electron chi connectivity index (χ3n) is 4.14. The maximum Gasteiger partial charge on any atom is 0.285 e. The van der Waals surface area contributed by atoms with Gasteiger partial charge in [0.05, 0.1) is 10.5 Å². The molecule has 1 fully saturated rings. The lowest BCUT2D eigenvalue weighted by Crippen LogP contribution is -2.44. The minimum atomic E-state index is -0.758. The number of rotatable bonds is 4. The molecular formula is C21H12F2N2O3S2. The van der Waals surface area contributed by atoms with Gasteiger partial charge >= 0.3 is 0 Å². The second kappa shape index (κ2) is 8.21. The maximum atomic E-state index is 13.9. The van der Waals surface area contributed by atoms with Crippen molar-refractivity contribution in [3.8, 4) is 11.3 Å². The van der Waals surface area contributed by atoms with Crippen LogP contribution in [0.4, 0.5) is 8.78 Å². The molecule has 0 bridgehead atoms. The van der Waals surface area contributed by atoms with Crippen molar-refractivity contribution in [2.45, 2.75) is 0 Å². The van der Waals surface area contributed by atoms with Gasteiger partial charge in [0.25, 0.3) is 11.8 Å². The van der Waals surface area contributed by atoms with E-state index in [0.717, 1.165) is 28.9 Å². The van der Waals surface area contributed by atoms with Gasteiger partial charge in [-0.3, -0.25) is 15.0 Å². The largest absolute Gasteiger partial charge is 0.457 e. The molecule has 0 spiro atoms. The van der Waals surface area contributed by atoms with Gasteiger partial charge in [0.1, 0.15) is 23.2 Å². The van der Waals surface area contributed by atoms with Crippen molar-refractivity contribution >= 4 is 46.2 Å². The molecule has 1 aromatic heterocycles. The van der Waals surface area contributed by atoms with Crippen LogP contribution in [0.5, 0.6) is 0 Å². The third kappa shape index (κ3) is 4.03. The molecule has 4 rings (SSSR count). The number of carbonyl (C=O) groups is 2. The molecule has 1 saturated heterocycles. The summed E-state index contributed by atoms with van der Waals surface area (Å²) in [4.78, 5) is 25.2. The first kappa shape index (κ1) is 20.0. The normalized spacial score (nSPS) is 15.1. The molecule has 5 nitrogen and oxygen atoms in total. The molecule has 0 aliphatic carbocycles. The molecule has 0 unspecified atom stereocenters. The molecule has 1 N–H and O–H groups in total. The fourth-order valence-corrected chi connectivity index (χ4v) is 3.87. The number of thioether (sulfide) groups is 1. The molecule has 30 heavy (non-hydrogen) atoms. The molecule has 1 aliphatic heterocycles. The van der Waals surface area contributed by atoms with Crippen molar-refractivity contribution in [1.29, 1.82) is 0 Å². The van der Waals surface area contributed by atoms with Crippen molar-refractivity contribution < 1.29 is 22.8 Å². The molecular weight excluding hydrogens is 430 g/mol. The van der Waals surface area contributed by atoms with Crippen LogP contribution in [0.25, 0.3) is 17.4 Å². The van der Waals surface area contributed by atoms with Crippen LogP contribution < -0.4 is 5.43 Å². The summed E-state index contributed by atoms with van der Waals surface area (Å²) in [6, 6.07) is 14.6. The van der Waals surface area contributed by atoms with Crippen molar-refractivity contribution in [2.75, 3.05) is 0 Å². The van der Waals surface area contributed by atoms with Crippen LogP contribution in [-0.2, 0) is 4.79 Å². The zero-order valence-corrected chi connectivity index (χ0v) is 16.7. The Morgan fingerprint density at radius 3 is 2.60 bits per heavy atom. The van der Waals surface area contributed by atoms with Gasteiger partial charge in [-0.2, -0.15) is 5.01 Å². The van der Waals surface area contributed by atoms with E-state index in [1.165, 1.54) is 18.2 Å². The summed E-state index contributed by atoms with van der Waals surface area (Å²) in [7, 11) is 0. The van der Waals surface area contributed by atoms with Gasteiger partial charge in [-0.25, -0.2) is 8.78 Å². The lowest BCUT2D eigenvalue weighted by atomic mass is 10.1. The average molecular weight is 442 g/mol. The number of hydrogen-bond donors (Lipinski definition) is 1. The lowest BCUT2D eigenvalue weighted by molar-refractivity contribution is -0.123. The molecule has 0 radical (unpaired) electrons. The molecule has 0 atom stereocenters. The van der Waals surface area contributed by atoms with E-state index < -0.39 is 23.4 Å². The van der Waals surface area contributed by atoms with E-state index in [1.807, 2.05) is 0 Å². The highest BCUT2D eigenvalue weighted by Crippen LogP contribution is 2.33. The first-order valence-corrected chi connectivity index (χ1v) is 9.84. The van der Waals surface area contributed by atoms with Crippen molar-refractivity contribution in [1.82, 2.24) is 10.4 Å². The molecule has 2 heterocycles. The molecule has 2 aromatic carbocycles. The minimum absolute atomic E-state index is 0.0960. The number of furan rings is 1. The Morgan fingerprint density at radius 2 is 1.87 bits per heavy atom. The Bertz CT molecular complexity index is 1190. The monoisotopic (exact) mass is 442 g/mol. The number of thiocarbonyl (C=S) groups is 1. The van der Waals surface area contributed by atoms with Crippen LogP contribution in [0.15, 0.2) is 70.0 Å². The van der Waals surface area contributed by atoms with Gasteiger partial charge in [-0.05, 0) is 48.6 Å². The first-order valence-electron chi connectivity index (χ1n) is 8.61. The summed E-state index contributed by atoms with van der Waals surface area (Å²) in [6.07, 6.45) is 1.44. The van der Waals surface area contributed by atoms with Crippen molar-refractivity contribution in [3.05, 3.63) is 88.5 Å². The number of carbonyl (C=O) groups excluding carboxylic acids is 2. The van der Waals surface area contributed by atoms with E-state index in [4.69, 9.17) is 16.6 Å². The minimum Gasteiger partial charge on any atom is -0.457 e. The average Bonchev–Trinajstić information content (AvgIpc) is 3.29. The fraction of sp³-hybridized carbons (Fsp3) is 0. The van der Waals surface area contributed by atoms with Crippen LogP contribution in [0.3, 0.4) is 0 Å². The molecule has 9 heteroatoms. The first-order chi connectivity index (χ1) is 14.4. The SMILES string of the molecule is O=C(NN1C(=O)/C(=C\c2ccc(-c3ccc(F)cc3F)o2)SC1=S)c1ccccc1. The van der Waals surface area contributed by atoms with Gasteiger partial charge in [0.2, 0.25) is 0 Å². The zero-order valence-electron chi connectivity index (χ0n) is 15.1. The Kier molecular flexibility index (Phi) is 5.47. The Labute approximate surface area is 179 Å². The van der Waals surface area contributed by atoms with Crippen LogP contribution >= 0.6 is 24.0 Å². The summed E-state index contributed by atoms with van der Waals surface area (Å²) in [5, 5.41) is 0.991. The number of amides is 2. The molecule has 3 aromatic rings. The van der Waals surface area contributed by atoms with Crippen LogP contribution in [0, 0.1) is 11.6 Å². The quantitative estimate of drug-likeness (QED) is 0.466. The van der Waals surface area contributed by atoms with Gasteiger partial charge in [0, 0.05) is 17.7 Å². The van der Waals surface area contributed by atoms with Gasteiger partial charge in [0.15, 0.2) is 4.32 Å². The van der Waals surface area contributed by atoms with Crippen LogP contribution in [0.1, 0.15) is 16.1 Å². The Morgan fingerprint density at radius 1 is 1.10 bits per heavy atom. The van der Waals surface area contributed by atoms with E-state index in [1.54, 1.807) is 36.4 Å². The zero-order chi connectivity index (χ0) is 21.3. The molecule has 150 valence electrons. The number of nitrogens with one attached hydrogen (secondary N) is 1. The number of benzene rings is 2. The molecule has 2 amide bonds. The second-order valence-electron chi connectivity index (χ2n) is 6.15. The van der Waals surface area contributed by atoms with Crippen LogP contribution in [0.2, 0.25) is 0 Å². The van der Waals surface area contributed by atoms with E-state index >= 15 is 0 Å². The van der Waals surface area contributed by atoms with Gasteiger partial charge < -0.3 is 4.42 Å². The van der Waals surface area contributed by atoms with Gasteiger partial charge in [-0.1, -0.05) is 30.0 Å². The number of nitrogens with zero attached hydrogens (tertiary/aromatic N) is 1. The summed E-state index contributed by atoms with van der Waals surface area (Å²) in [5.74, 6) is -1.97. The maximum absolute atomic E-state index is 13.9. The topological polar surface area (TPSA) is 62.6 Å². The highest BCUT2D eigenvalue weighted by molar-refractivity contribution is 8.26. The fourth-order valence-electron chi connectivity index (χ4n) is 2.71. The number of hydrogen-bond acceptors (Lipinski definition) is 5. The predicted octanol–water partition coefficient (Wildman–Crippen LogP) is 4.77. The Hall–Kier alpha value is -3.30. The molecule has 1 aliphatic rings. The predicted molar refractivity (Wildman–Crippen MR) is 113 cm³/mol. The highest BCUT2D eigenvalue weighted by atomic mass is 32.2. The van der Waals surface area contributed by atoms with Crippen molar-refractivity contribution in [3.63, 3.8) is 0 Å². The summed E-state index contributed by atoms with van der Waals surface area (Å²) in [6.45, 7) is 0. The van der Waals surface area contributed by atoms with E-state index in [9.17, 15) is 18.4 Å². The standard InChI is InChI=1S/C21H12F2N2O3S2/c22-13-6-8-15(16(23)10-13)17-9-7-14(28-17)11-18-20(27)25(21(29)30-18)24-19(26)12-4-2-1-3-5-12/h1-11H,(H,24,26)/b18-11+. The molecule has 0 saturated carbocycles. The van der Waals surface area contributed by atoms with Gasteiger partial charge in [-0.15, -0.1) is 0 Å². The summed E-state index contributed by atoms with van der Waals surface area (Å²) in [5.41, 5.74) is 2.96. The van der Waals surface area contributed by atoms with E-state index in [2.05, 4.69) is 5.43 Å². The third-order valence-corrected chi connectivity index (χ3v) is 5.44. The van der Waals surface area contributed by atoms with Crippen molar-refractivity contribution in [2.24, 2.45) is 0 Å². The van der Waals surface area contributed by atoms with Crippen LogP contribution in [-0.4, -0.2) is 21.1 Å². The highest BCUT2D eigenvalue weighted by Gasteiger charge is 2.34. The van der Waals surface area contributed by atoms with E-state index in [0.29, 0.717) is 5.56 Å². The number of halogens is 2. The summed E-state index contributed by atoms with van der Waals surface area (Å²) >= 11 is 6.18. The summed E-state index contributed by atoms with van der Waals surface area (Å²) < 4.78 is 32.8. The smallest absolute Gasteiger partial charge is 0.285 e. The van der Waals surface area contributed by atoms with E-state index in [-0.39, 0.29) is 26.3 Å².